The highest BCUT2D eigenvalue weighted by molar-refractivity contribution is 5.97. The second kappa shape index (κ2) is 6.54. The van der Waals surface area contributed by atoms with Crippen LogP contribution in [0.2, 0.25) is 0 Å². The summed E-state index contributed by atoms with van der Waals surface area (Å²) in [5.41, 5.74) is 1.49. The van der Waals surface area contributed by atoms with E-state index in [1.54, 1.807) is 6.20 Å². The van der Waals surface area contributed by atoms with Gasteiger partial charge in [0.15, 0.2) is 0 Å². The molecule has 1 aliphatic heterocycles. The largest absolute Gasteiger partial charge is 0.375 e. The van der Waals surface area contributed by atoms with Crippen molar-refractivity contribution in [3.63, 3.8) is 0 Å². The predicted octanol–water partition coefficient (Wildman–Crippen LogP) is 1.61. The molecule has 1 N–H and O–H groups in total. The molecule has 21 heavy (non-hydrogen) atoms. The number of nitrogens with zero attached hydrogens (tertiary/aromatic N) is 1. The number of hydrogen-bond donors (Lipinski definition) is 1. The molecule has 0 radical (unpaired) electrons. The van der Waals surface area contributed by atoms with Gasteiger partial charge >= 0.3 is 0 Å². The Hall–Kier alpha value is -2.14. The fourth-order valence-corrected chi connectivity index (χ4v) is 2.40. The van der Waals surface area contributed by atoms with E-state index in [9.17, 15) is 9.59 Å². The third-order valence-corrected chi connectivity index (χ3v) is 3.37. The minimum Gasteiger partial charge on any atom is -0.375 e. The zero-order valence-corrected chi connectivity index (χ0v) is 12.5. The van der Waals surface area contributed by atoms with E-state index in [0.29, 0.717) is 5.70 Å². The second-order valence-corrected chi connectivity index (χ2v) is 5.32. The van der Waals surface area contributed by atoms with Crippen molar-refractivity contribution in [1.29, 1.82) is 0 Å². The molecule has 0 aliphatic carbocycles. The molecule has 0 bridgehead atoms. The second-order valence-electron chi connectivity index (χ2n) is 5.32. The summed E-state index contributed by atoms with van der Waals surface area (Å²) >= 11 is 0. The van der Waals surface area contributed by atoms with Gasteiger partial charge in [-0.25, -0.2) is 0 Å². The van der Waals surface area contributed by atoms with Crippen LogP contribution in [0, 0.1) is 5.92 Å². The van der Waals surface area contributed by atoms with Crippen molar-refractivity contribution in [2.75, 3.05) is 13.7 Å². The summed E-state index contributed by atoms with van der Waals surface area (Å²) in [6.45, 7) is 3.78. The molecule has 0 fully saturated rings. The van der Waals surface area contributed by atoms with Gasteiger partial charge in [-0.1, -0.05) is 44.2 Å². The van der Waals surface area contributed by atoms with Crippen molar-refractivity contribution in [2.45, 2.75) is 19.9 Å². The Bertz CT molecular complexity index is 552. The Balaban J connectivity index is 2.38. The maximum atomic E-state index is 12.4. The predicted molar refractivity (Wildman–Crippen MR) is 79.9 cm³/mol. The zero-order valence-electron chi connectivity index (χ0n) is 12.5. The molecule has 0 aromatic heterocycles. The lowest BCUT2D eigenvalue weighted by Crippen LogP contribution is -2.53. The standard InChI is InChI=1S/C16H20N2O3/c1-11(2)15-16(20)17-13(12-7-5-4-6-8-12)9-18(15)14(19)10-21-3/h4-9,11,15H,10H2,1-3H3,(H,17,20)/t15-/m0/s1. The molecule has 0 saturated carbocycles. The van der Waals surface area contributed by atoms with E-state index in [2.05, 4.69) is 5.32 Å². The summed E-state index contributed by atoms with van der Waals surface area (Å²) in [5.74, 6) is -0.380. The normalized spacial score (nSPS) is 18.5. The van der Waals surface area contributed by atoms with Crippen LogP contribution < -0.4 is 5.32 Å². The maximum Gasteiger partial charge on any atom is 0.253 e. The lowest BCUT2D eigenvalue weighted by atomic mass is 9.98. The van der Waals surface area contributed by atoms with Gasteiger partial charge in [0.2, 0.25) is 5.91 Å². The number of methoxy groups -OCH3 is 1. The molecule has 1 aromatic rings. The Labute approximate surface area is 124 Å². The minimum atomic E-state index is -0.514. The van der Waals surface area contributed by atoms with Crippen LogP contribution in [0.25, 0.3) is 5.70 Å². The SMILES string of the molecule is COCC(=O)N1C=C(c2ccccc2)NC(=O)[C@@H]1C(C)C. The van der Waals surface area contributed by atoms with Crippen LogP contribution in [0.5, 0.6) is 0 Å². The Morgan fingerprint density at radius 1 is 1.33 bits per heavy atom. The fourth-order valence-electron chi connectivity index (χ4n) is 2.40. The summed E-state index contributed by atoms with van der Waals surface area (Å²) < 4.78 is 4.91. The average molecular weight is 288 g/mol. The molecule has 1 aliphatic rings. The van der Waals surface area contributed by atoms with Crippen molar-refractivity contribution >= 4 is 17.5 Å². The molecule has 112 valence electrons. The van der Waals surface area contributed by atoms with Crippen LogP contribution in [-0.4, -0.2) is 36.5 Å². The summed E-state index contributed by atoms with van der Waals surface area (Å²) in [7, 11) is 1.47. The number of carbonyl (C=O) groups excluding carboxylic acids is 2. The number of carbonyl (C=O) groups is 2. The van der Waals surface area contributed by atoms with Crippen LogP contribution in [0.3, 0.4) is 0 Å². The average Bonchev–Trinajstić information content (AvgIpc) is 2.47. The first kappa shape index (κ1) is 15.3. The molecule has 5 heteroatoms. The number of rotatable bonds is 4. The number of hydrogen-bond acceptors (Lipinski definition) is 3. The van der Waals surface area contributed by atoms with E-state index >= 15 is 0 Å². The van der Waals surface area contributed by atoms with Gasteiger partial charge in [-0.05, 0) is 11.5 Å². The van der Waals surface area contributed by atoms with E-state index in [0.717, 1.165) is 5.56 Å². The van der Waals surface area contributed by atoms with Crippen LogP contribution in [0.1, 0.15) is 19.4 Å². The minimum absolute atomic E-state index is 0.0133. The van der Waals surface area contributed by atoms with Crippen molar-refractivity contribution in [3.05, 3.63) is 42.1 Å². The Morgan fingerprint density at radius 3 is 2.57 bits per heavy atom. The highest BCUT2D eigenvalue weighted by Crippen LogP contribution is 2.22. The third-order valence-electron chi connectivity index (χ3n) is 3.37. The highest BCUT2D eigenvalue weighted by atomic mass is 16.5. The van der Waals surface area contributed by atoms with Gasteiger partial charge in [-0.15, -0.1) is 0 Å². The first-order valence-corrected chi connectivity index (χ1v) is 6.92. The highest BCUT2D eigenvalue weighted by Gasteiger charge is 2.35. The number of ether oxygens (including phenoxy) is 1. The maximum absolute atomic E-state index is 12.4. The topological polar surface area (TPSA) is 58.6 Å². The van der Waals surface area contributed by atoms with Crippen molar-refractivity contribution in [2.24, 2.45) is 5.92 Å². The van der Waals surface area contributed by atoms with Crippen LogP contribution in [-0.2, 0) is 14.3 Å². The molecule has 1 aromatic carbocycles. The van der Waals surface area contributed by atoms with Crippen LogP contribution >= 0.6 is 0 Å². The molecule has 0 spiro atoms. The molecule has 2 amide bonds. The van der Waals surface area contributed by atoms with Gasteiger partial charge < -0.3 is 15.0 Å². The van der Waals surface area contributed by atoms with Gasteiger partial charge in [0.1, 0.15) is 12.6 Å². The molecular weight excluding hydrogens is 268 g/mol. The van der Waals surface area contributed by atoms with Crippen molar-refractivity contribution < 1.29 is 14.3 Å². The van der Waals surface area contributed by atoms with E-state index in [-0.39, 0.29) is 24.3 Å². The van der Waals surface area contributed by atoms with E-state index in [1.807, 2.05) is 44.2 Å². The van der Waals surface area contributed by atoms with Crippen molar-refractivity contribution in [3.8, 4) is 0 Å². The van der Waals surface area contributed by atoms with Gasteiger partial charge in [0, 0.05) is 13.3 Å². The van der Waals surface area contributed by atoms with Crippen LogP contribution in [0.4, 0.5) is 0 Å². The molecule has 1 atom stereocenters. The smallest absolute Gasteiger partial charge is 0.253 e. The lowest BCUT2D eigenvalue weighted by molar-refractivity contribution is -0.141. The Kier molecular flexibility index (Phi) is 4.75. The van der Waals surface area contributed by atoms with Crippen molar-refractivity contribution in [1.82, 2.24) is 10.2 Å². The molecule has 1 heterocycles. The first-order valence-electron chi connectivity index (χ1n) is 6.92. The third kappa shape index (κ3) is 3.31. The molecule has 5 nitrogen and oxygen atoms in total. The lowest BCUT2D eigenvalue weighted by Gasteiger charge is -2.35. The molecule has 0 saturated heterocycles. The molecule has 2 rings (SSSR count). The molecular formula is C16H20N2O3. The monoisotopic (exact) mass is 288 g/mol. The summed E-state index contributed by atoms with van der Waals surface area (Å²) in [4.78, 5) is 26.0. The van der Waals surface area contributed by atoms with E-state index in [1.165, 1.54) is 12.0 Å². The zero-order chi connectivity index (χ0) is 15.4. The molecule has 0 unspecified atom stereocenters. The quantitative estimate of drug-likeness (QED) is 0.916. The van der Waals surface area contributed by atoms with Gasteiger partial charge in [0.25, 0.3) is 5.91 Å². The number of amides is 2. The summed E-state index contributed by atoms with van der Waals surface area (Å²) in [6, 6.07) is 8.94. The van der Waals surface area contributed by atoms with Crippen LogP contribution in [0.15, 0.2) is 36.5 Å². The fraction of sp³-hybridized carbons (Fsp3) is 0.375. The summed E-state index contributed by atoms with van der Waals surface area (Å²) in [6.07, 6.45) is 1.70. The summed E-state index contributed by atoms with van der Waals surface area (Å²) in [5, 5.41) is 2.88. The van der Waals surface area contributed by atoms with Gasteiger partial charge in [0.05, 0.1) is 5.70 Å². The van der Waals surface area contributed by atoms with E-state index in [4.69, 9.17) is 4.74 Å². The Morgan fingerprint density at radius 2 is 2.00 bits per heavy atom. The van der Waals surface area contributed by atoms with Gasteiger partial charge in [-0.3, -0.25) is 9.59 Å². The van der Waals surface area contributed by atoms with Gasteiger partial charge in [-0.2, -0.15) is 0 Å². The van der Waals surface area contributed by atoms with E-state index < -0.39 is 6.04 Å². The number of benzene rings is 1. The number of nitrogens with one attached hydrogen (secondary N) is 1. The first-order chi connectivity index (χ1) is 10.0.